The minimum absolute atomic E-state index is 0. The number of hydrogen-bond acceptors (Lipinski definition) is 4. The maximum atomic E-state index is 5.98. The molecule has 7 heteroatoms. The number of hydrogen-bond donors (Lipinski definition) is 2. The Bertz CT molecular complexity index is 981. The number of nitrogens with two attached hydrogens (primary N) is 1. The number of nitrogens with one attached hydrogen (secondary N) is 1. The van der Waals surface area contributed by atoms with Gasteiger partial charge in [-0.1, -0.05) is 30.1 Å². The first-order chi connectivity index (χ1) is 14.3. The van der Waals surface area contributed by atoms with E-state index in [2.05, 4.69) is 44.0 Å². The number of allylic oxidation sites excluding steroid dienone is 1. The minimum Gasteiger partial charge on any atom is -0.497 e. The molecule has 2 aromatic carbocycles. The summed E-state index contributed by atoms with van der Waals surface area (Å²) in [6, 6.07) is 24.2. The smallest absolute Gasteiger partial charge is 0.497 e. The molecular formula is C23H21IN4OU. The van der Waals surface area contributed by atoms with Crippen LogP contribution < -0.4 is 14.0 Å². The van der Waals surface area contributed by atoms with E-state index in [-0.39, 0.29) is 52.1 Å². The monoisotopic (exact) mass is 734 g/mol. The van der Waals surface area contributed by atoms with Gasteiger partial charge in [-0.3, -0.25) is 4.99 Å². The van der Waals surface area contributed by atoms with Crippen LogP contribution in [0.3, 0.4) is 0 Å². The van der Waals surface area contributed by atoms with Crippen molar-refractivity contribution in [3.8, 4) is 5.75 Å². The van der Waals surface area contributed by atoms with E-state index in [9.17, 15) is 0 Å². The van der Waals surface area contributed by atoms with E-state index in [1.165, 1.54) is 9.07 Å². The molecule has 1 aromatic heterocycles. The molecule has 30 heavy (non-hydrogen) atoms. The molecule has 0 bridgehead atoms. The summed E-state index contributed by atoms with van der Waals surface area (Å²) in [7, 11) is 1.68. The number of benzene rings is 2. The van der Waals surface area contributed by atoms with Crippen LogP contribution in [0.2, 0.25) is 0 Å². The van der Waals surface area contributed by atoms with Gasteiger partial charge >= 0.3 is 31.1 Å². The molecule has 0 atom stereocenters. The average molecular weight is 734 g/mol. The largest absolute Gasteiger partial charge is 2.00 e. The van der Waals surface area contributed by atoms with E-state index in [0.29, 0.717) is 12.4 Å². The molecule has 0 radical (unpaired) electrons. The zero-order chi connectivity index (χ0) is 20.3. The van der Waals surface area contributed by atoms with Gasteiger partial charge in [0.25, 0.3) is 0 Å². The number of rotatable bonds is 5. The number of nitrogens with zero attached hydrogens (tertiary/aromatic N) is 2. The predicted octanol–water partition coefficient (Wildman–Crippen LogP) is 3.68. The van der Waals surface area contributed by atoms with Crippen molar-refractivity contribution in [3.05, 3.63) is 108 Å². The summed E-state index contributed by atoms with van der Waals surface area (Å²) in [6.07, 6.45) is 6.55. The molecule has 0 saturated heterocycles. The fourth-order valence-electron chi connectivity index (χ4n) is 2.38. The van der Waals surface area contributed by atoms with Crippen LogP contribution in [0.25, 0.3) is 0 Å². The minimum atomic E-state index is -0.257. The second-order valence-electron chi connectivity index (χ2n) is 5.89. The van der Waals surface area contributed by atoms with Crippen molar-refractivity contribution in [3.63, 3.8) is 0 Å². The molecule has 3 N–H and O–H groups in total. The molecule has 2 heterocycles. The van der Waals surface area contributed by atoms with Gasteiger partial charge < -0.3 is 19.0 Å². The summed E-state index contributed by atoms with van der Waals surface area (Å²) >= 11 is -0.257. The number of methoxy groups -OCH3 is 1. The van der Waals surface area contributed by atoms with Crippen LogP contribution in [0, 0.1) is 43.4 Å². The maximum Gasteiger partial charge on any atom is 2.00 e. The molecule has 3 aromatic rings. The van der Waals surface area contributed by atoms with Crippen LogP contribution in [-0.2, 0) is 0 Å². The standard InChI is InChI=1S/C17H16IN4O.C6H5.U/c1-23-15-6-2-4-12(8-15)16-9-14(22-18-16)11-21-17(19)13-5-3-7-20-10-13;1-2-4-6-5-3-1;/h2-6,8-10,22H,11H2,1H3,(H2,19,21);1-5H;/q2*-1;+2. The van der Waals surface area contributed by atoms with Crippen LogP contribution in [0.1, 0.15) is 11.1 Å². The van der Waals surface area contributed by atoms with Crippen LogP contribution in [0.4, 0.5) is 0 Å². The number of amidine groups is 1. The quantitative estimate of drug-likeness (QED) is 0.138. The summed E-state index contributed by atoms with van der Waals surface area (Å²) in [5.41, 5.74) is 9.08. The average Bonchev–Trinajstić information content (AvgIpc) is 3.29. The van der Waals surface area contributed by atoms with Gasteiger partial charge in [-0.15, -0.1) is 0 Å². The maximum absolute atomic E-state index is 5.98. The third kappa shape index (κ3) is 7.71. The molecule has 150 valence electrons. The van der Waals surface area contributed by atoms with E-state index in [4.69, 9.17) is 10.5 Å². The van der Waals surface area contributed by atoms with Crippen LogP contribution in [-0.4, -0.2) is 28.0 Å². The summed E-state index contributed by atoms with van der Waals surface area (Å²) < 4.78 is 10.1. The van der Waals surface area contributed by atoms with Gasteiger partial charge in [0.15, 0.2) is 0 Å². The molecule has 0 amide bonds. The molecular weight excluding hydrogens is 713 g/mol. The van der Waals surface area contributed by atoms with E-state index >= 15 is 0 Å². The molecule has 5 nitrogen and oxygen atoms in total. The molecule has 0 aliphatic carbocycles. The van der Waals surface area contributed by atoms with Crippen molar-refractivity contribution in [2.75, 3.05) is 13.7 Å². The van der Waals surface area contributed by atoms with Gasteiger partial charge in [-0.25, -0.2) is 0 Å². The number of aliphatic imine (C=N–C) groups is 1. The Balaban J connectivity index is 0.000000395. The predicted molar refractivity (Wildman–Crippen MR) is 126 cm³/mol. The van der Waals surface area contributed by atoms with Crippen molar-refractivity contribution < 1.29 is 35.9 Å². The van der Waals surface area contributed by atoms with Gasteiger partial charge in [0.2, 0.25) is 0 Å². The topological polar surface area (TPSA) is 72.5 Å². The molecule has 1 aliphatic rings. The Morgan fingerprint density at radius 2 is 2.00 bits per heavy atom. The van der Waals surface area contributed by atoms with E-state index in [1.807, 2.05) is 48.5 Å². The Kier molecular flexibility index (Phi) is 10.8. The van der Waals surface area contributed by atoms with Gasteiger partial charge in [-0.2, -0.15) is 48.5 Å². The zero-order valence-corrected chi connectivity index (χ0v) is 22.8. The van der Waals surface area contributed by atoms with Gasteiger partial charge in [0.05, 0.1) is 13.7 Å². The summed E-state index contributed by atoms with van der Waals surface area (Å²) in [5, 5.41) is 0. The molecule has 0 fully saturated rings. The van der Waals surface area contributed by atoms with Crippen LogP contribution in [0.15, 0.2) is 89.7 Å². The van der Waals surface area contributed by atoms with Crippen molar-refractivity contribution in [1.29, 1.82) is 0 Å². The van der Waals surface area contributed by atoms with E-state index in [0.717, 1.165) is 17.0 Å². The van der Waals surface area contributed by atoms with Gasteiger partial charge in [-0.05, 0) is 23.8 Å². The summed E-state index contributed by atoms with van der Waals surface area (Å²) in [4.78, 5) is 8.35. The van der Waals surface area contributed by atoms with Crippen LogP contribution in [0.5, 0.6) is 5.75 Å². The SMILES string of the molecule is COc1cccc(C2=INC(CN=C(N)c3cc[c-]nc3)=C2)c1.[U+2].[c-]1ccccc1. The van der Waals surface area contributed by atoms with Crippen molar-refractivity contribution in [2.45, 2.75) is 0 Å². The first-order valence-corrected chi connectivity index (χ1v) is 11.1. The summed E-state index contributed by atoms with van der Waals surface area (Å²) in [6.45, 7) is 0.539. The molecule has 0 saturated carbocycles. The molecule has 0 unspecified atom stereocenters. The Labute approximate surface area is 211 Å². The van der Waals surface area contributed by atoms with Gasteiger partial charge in [0, 0.05) is 30.2 Å². The third-order valence-electron chi connectivity index (χ3n) is 3.86. The zero-order valence-electron chi connectivity index (χ0n) is 16.5. The Morgan fingerprint density at radius 1 is 1.17 bits per heavy atom. The summed E-state index contributed by atoms with van der Waals surface area (Å²) in [5.74, 6) is 1.36. The fourth-order valence-corrected chi connectivity index (χ4v) is 4.52. The molecule has 0 spiro atoms. The first kappa shape index (κ1) is 24.3. The second kappa shape index (κ2) is 13.4. The van der Waals surface area contributed by atoms with Crippen molar-refractivity contribution in [2.24, 2.45) is 10.7 Å². The van der Waals surface area contributed by atoms with E-state index < -0.39 is 0 Å². The van der Waals surface area contributed by atoms with E-state index in [1.54, 1.807) is 19.4 Å². The first-order valence-electron chi connectivity index (χ1n) is 8.91. The molecule has 4 rings (SSSR count). The third-order valence-corrected chi connectivity index (χ3v) is 6.33. The Morgan fingerprint density at radius 3 is 2.63 bits per heavy atom. The van der Waals surface area contributed by atoms with Crippen LogP contribution >= 0.6 is 21.0 Å². The van der Waals surface area contributed by atoms with Crippen molar-refractivity contribution in [1.82, 2.24) is 8.51 Å². The normalized spacial score (nSPS) is 12.6. The number of ether oxygens (including phenoxy) is 1. The number of halogens is 1. The molecule has 1 aliphatic heterocycles. The Hall–Kier alpha value is -1.95. The van der Waals surface area contributed by atoms with Gasteiger partial charge in [0.1, 0.15) is 11.6 Å². The fraction of sp³-hybridized carbons (Fsp3) is 0.0870. The number of aromatic nitrogens is 1. The second-order valence-corrected chi connectivity index (χ2v) is 8.13. The van der Waals surface area contributed by atoms with Crippen molar-refractivity contribution >= 4 is 30.3 Å². The number of pyridine rings is 1.